The Labute approximate surface area is 165 Å². The first-order valence-corrected chi connectivity index (χ1v) is 9.84. The van der Waals surface area contributed by atoms with Crippen LogP contribution in [0.15, 0.2) is 54.6 Å². The van der Waals surface area contributed by atoms with Gasteiger partial charge >= 0.3 is 5.97 Å². The molecule has 0 heterocycles. The van der Waals surface area contributed by atoms with Crippen molar-refractivity contribution < 1.29 is 14.6 Å². The fourth-order valence-electron chi connectivity index (χ4n) is 3.37. The SMILES string of the molecule is CCCCCOc1c(N)cc(CCC(=O)O)cc1-c1ccc2ccccc2c1. The molecule has 0 atom stereocenters. The van der Waals surface area contributed by atoms with Crippen molar-refractivity contribution in [2.45, 2.75) is 39.0 Å². The third-order valence-electron chi connectivity index (χ3n) is 4.86. The molecule has 0 spiro atoms. The van der Waals surface area contributed by atoms with Crippen molar-refractivity contribution in [2.75, 3.05) is 12.3 Å². The summed E-state index contributed by atoms with van der Waals surface area (Å²) in [6.07, 6.45) is 3.74. The van der Waals surface area contributed by atoms with E-state index in [9.17, 15) is 4.79 Å². The van der Waals surface area contributed by atoms with Crippen molar-refractivity contribution in [1.29, 1.82) is 0 Å². The molecule has 0 aliphatic rings. The molecule has 0 bridgehead atoms. The monoisotopic (exact) mass is 377 g/mol. The van der Waals surface area contributed by atoms with Crippen LogP contribution in [-0.2, 0) is 11.2 Å². The Morgan fingerprint density at radius 1 is 1.04 bits per heavy atom. The van der Waals surface area contributed by atoms with Crippen LogP contribution in [0.2, 0.25) is 0 Å². The van der Waals surface area contributed by atoms with E-state index < -0.39 is 5.97 Å². The highest BCUT2D eigenvalue weighted by atomic mass is 16.5. The third kappa shape index (κ3) is 4.83. The van der Waals surface area contributed by atoms with Crippen molar-refractivity contribution >= 4 is 22.4 Å². The van der Waals surface area contributed by atoms with Crippen LogP contribution in [-0.4, -0.2) is 17.7 Å². The van der Waals surface area contributed by atoms with E-state index >= 15 is 0 Å². The Morgan fingerprint density at radius 3 is 2.57 bits per heavy atom. The summed E-state index contributed by atoms with van der Waals surface area (Å²) in [5.74, 6) is -0.129. The van der Waals surface area contributed by atoms with Crippen molar-refractivity contribution in [3.63, 3.8) is 0 Å². The molecule has 0 saturated heterocycles. The predicted molar refractivity (Wildman–Crippen MR) is 115 cm³/mol. The minimum absolute atomic E-state index is 0.0767. The minimum atomic E-state index is -0.814. The van der Waals surface area contributed by atoms with Crippen LogP contribution in [0, 0.1) is 0 Å². The van der Waals surface area contributed by atoms with Gasteiger partial charge in [0.1, 0.15) is 5.75 Å². The summed E-state index contributed by atoms with van der Waals surface area (Å²) in [4.78, 5) is 11.0. The Morgan fingerprint density at radius 2 is 1.82 bits per heavy atom. The largest absolute Gasteiger partial charge is 0.491 e. The van der Waals surface area contributed by atoms with E-state index in [-0.39, 0.29) is 6.42 Å². The molecular weight excluding hydrogens is 350 g/mol. The second kappa shape index (κ2) is 9.27. The topological polar surface area (TPSA) is 72.5 Å². The molecule has 28 heavy (non-hydrogen) atoms. The molecule has 0 unspecified atom stereocenters. The van der Waals surface area contributed by atoms with Crippen LogP contribution in [0.5, 0.6) is 5.75 Å². The molecule has 4 heteroatoms. The summed E-state index contributed by atoms with van der Waals surface area (Å²) >= 11 is 0. The Balaban J connectivity index is 2.01. The maximum absolute atomic E-state index is 11.0. The Bertz CT molecular complexity index is 965. The van der Waals surface area contributed by atoms with Crippen LogP contribution in [0.4, 0.5) is 5.69 Å². The molecule has 0 fully saturated rings. The van der Waals surface area contributed by atoms with Crippen molar-refractivity contribution in [2.24, 2.45) is 0 Å². The average Bonchev–Trinajstić information content (AvgIpc) is 2.70. The molecule has 3 aromatic rings. The van der Waals surface area contributed by atoms with Gasteiger partial charge in [-0.15, -0.1) is 0 Å². The van der Waals surface area contributed by atoms with Gasteiger partial charge in [0.25, 0.3) is 0 Å². The van der Waals surface area contributed by atoms with Gasteiger partial charge in [-0.05, 0) is 52.9 Å². The predicted octanol–water partition coefficient (Wildman–Crippen LogP) is 5.68. The minimum Gasteiger partial charge on any atom is -0.491 e. The number of ether oxygens (including phenoxy) is 1. The number of carboxylic acids is 1. The number of fused-ring (bicyclic) bond motifs is 1. The van der Waals surface area contributed by atoms with E-state index in [1.807, 2.05) is 24.3 Å². The van der Waals surface area contributed by atoms with Gasteiger partial charge in [-0.25, -0.2) is 0 Å². The van der Waals surface area contributed by atoms with Gasteiger partial charge in [0.15, 0.2) is 0 Å². The number of nitrogens with two attached hydrogens (primary N) is 1. The fourth-order valence-corrected chi connectivity index (χ4v) is 3.37. The number of carbonyl (C=O) groups is 1. The number of aliphatic carboxylic acids is 1. The molecule has 3 rings (SSSR count). The molecule has 0 radical (unpaired) electrons. The molecule has 0 saturated carbocycles. The standard InChI is InChI=1S/C24H27NO3/c1-2-3-6-13-28-24-21(14-17(15-22(24)25)9-12-23(26)27)20-11-10-18-7-4-5-8-19(18)16-20/h4-5,7-8,10-11,14-16H,2-3,6,9,12-13,25H2,1H3,(H,26,27). The molecular formula is C24H27NO3. The van der Waals surface area contributed by atoms with E-state index in [4.69, 9.17) is 15.6 Å². The number of unbranched alkanes of at least 4 members (excludes halogenated alkanes) is 2. The Hall–Kier alpha value is -3.01. The van der Waals surface area contributed by atoms with Crippen LogP contribution >= 0.6 is 0 Å². The van der Waals surface area contributed by atoms with Gasteiger partial charge in [-0.3, -0.25) is 4.79 Å². The summed E-state index contributed by atoms with van der Waals surface area (Å²) < 4.78 is 6.08. The van der Waals surface area contributed by atoms with Gasteiger partial charge in [0.2, 0.25) is 0 Å². The first-order chi connectivity index (χ1) is 13.6. The maximum atomic E-state index is 11.0. The van der Waals surface area contributed by atoms with Gasteiger partial charge in [-0.1, -0.05) is 56.2 Å². The summed E-state index contributed by atoms with van der Waals surface area (Å²) in [6.45, 7) is 2.78. The van der Waals surface area contributed by atoms with Crippen LogP contribution in [0.1, 0.15) is 38.2 Å². The Kier molecular flexibility index (Phi) is 6.53. The lowest BCUT2D eigenvalue weighted by Gasteiger charge is -2.17. The zero-order chi connectivity index (χ0) is 19.9. The highest BCUT2D eigenvalue weighted by molar-refractivity contribution is 5.89. The first-order valence-electron chi connectivity index (χ1n) is 9.84. The lowest BCUT2D eigenvalue weighted by Crippen LogP contribution is -2.04. The molecule has 3 aromatic carbocycles. The number of benzene rings is 3. The van der Waals surface area contributed by atoms with E-state index in [0.717, 1.165) is 41.3 Å². The van der Waals surface area contributed by atoms with Gasteiger partial charge in [0.05, 0.1) is 12.3 Å². The zero-order valence-electron chi connectivity index (χ0n) is 16.3. The van der Waals surface area contributed by atoms with Crippen LogP contribution in [0.25, 0.3) is 21.9 Å². The highest BCUT2D eigenvalue weighted by Crippen LogP contribution is 2.38. The molecule has 0 amide bonds. The van der Waals surface area contributed by atoms with Crippen LogP contribution in [0.3, 0.4) is 0 Å². The maximum Gasteiger partial charge on any atom is 0.303 e. The number of hydrogen-bond acceptors (Lipinski definition) is 3. The van der Waals surface area contributed by atoms with Crippen molar-refractivity contribution in [3.05, 3.63) is 60.2 Å². The normalized spacial score (nSPS) is 10.9. The number of carboxylic acid groups (broad SMARTS) is 1. The van der Waals surface area contributed by atoms with Gasteiger partial charge in [0, 0.05) is 12.0 Å². The summed E-state index contributed by atoms with van der Waals surface area (Å²) in [5, 5.41) is 11.3. The van der Waals surface area contributed by atoms with Crippen molar-refractivity contribution in [3.8, 4) is 16.9 Å². The fraction of sp³-hybridized carbons (Fsp3) is 0.292. The summed E-state index contributed by atoms with van der Waals surface area (Å²) in [6, 6.07) is 18.3. The highest BCUT2D eigenvalue weighted by Gasteiger charge is 2.14. The molecule has 146 valence electrons. The second-order valence-corrected chi connectivity index (χ2v) is 7.07. The van der Waals surface area contributed by atoms with Crippen LogP contribution < -0.4 is 10.5 Å². The quantitative estimate of drug-likeness (QED) is 0.372. The van der Waals surface area contributed by atoms with E-state index in [2.05, 4.69) is 37.3 Å². The second-order valence-electron chi connectivity index (χ2n) is 7.07. The van der Waals surface area contributed by atoms with Gasteiger partial charge < -0.3 is 15.6 Å². The van der Waals surface area contributed by atoms with E-state index in [1.165, 1.54) is 5.39 Å². The molecule has 0 aromatic heterocycles. The molecule has 0 aliphatic carbocycles. The number of rotatable bonds is 9. The average molecular weight is 377 g/mol. The zero-order valence-corrected chi connectivity index (χ0v) is 16.3. The summed E-state index contributed by atoms with van der Waals surface area (Å²) in [5.41, 5.74) is 9.73. The molecule has 0 aliphatic heterocycles. The number of aryl methyl sites for hydroxylation is 1. The number of hydrogen-bond donors (Lipinski definition) is 2. The number of nitrogen functional groups attached to an aromatic ring is 1. The summed E-state index contributed by atoms with van der Waals surface area (Å²) in [7, 11) is 0. The first kappa shape index (κ1) is 19.7. The van der Waals surface area contributed by atoms with Gasteiger partial charge in [-0.2, -0.15) is 0 Å². The lowest BCUT2D eigenvalue weighted by molar-refractivity contribution is -0.136. The molecule has 3 N–H and O–H groups in total. The smallest absolute Gasteiger partial charge is 0.303 e. The van der Waals surface area contributed by atoms with E-state index in [0.29, 0.717) is 24.5 Å². The number of anilines is 1. The van der Waals surface area contributed by atoms with Crippen molar-refractivity contribution in [1.82, 2.24) is 0 Å². The van der Waals surface area contributed by atoms with E-state index in [1.54, 1.807) is 0 Å². The third-order valence-corrected chi connectivity index (χ3v) is 4.86. The lowest BCUT2D eigenvalue weighted by atomic mass is 9.96. The molecule has 4 nitrogen and oxygen atoms in total.